The highest BCUT2D eigenvalue weighted by molar-refractivity contribution is 6.40. The highest BCUT2D eigenvalue weighted by Crippen LogP contribution is 2.32. The Labute approximate surface area is 155 Å². The molecule has 0 saturated carbocycles. The molecular weight excluding hydrogens is 392 g/mol. The Morgan fingerprint density at radius 1 is 1.04 bits per heavy atom. The fourth-order valence-electron chi connectivity index (χ4n) is 2.21. The zero-order chi connectivity index (χ0) is 18.9. The summed E-state index contributed by atoms with van der Waals surface area (Å²) in [5, 5.41) is 6.39. The third kappa shape index (κ3) is 3.84. The summed E-state index contributed by atoms with van der Waals surface area (Å²) in [4.78, 5) is 12.3. The van der Waals surface area contributed by atoms with Gasteiger partial charge >= 0.3 is 6.18 Å². The van der Waals surface area contributed by atoms with Crippen molar-refractivity contribution in [3.05, 3.63) is 69.7 Å². The topological polar surface area (TPSA) is 55.1 Å². The summed E-state index contributed by atoms with van der Waals surface area (Å²) in [5.74, 6) is -0.689. The van der Waals surface area contributed by atoms with Crippen LogP contribution in [-0.2, 0) is 6.18 Å². The normalized spacial score (nSPS) is 11.4. The van der Waals surface area contributed by atoms with Crippen LogP contribution in [0.4, 0.5) is 19.1 Å². The first kappa shape index (κ1) is 18.3. The summed E-state index contributed by atoms with van der Waals surface area (Å²) in [6, 6.07) is 10.5. The number of alkyl halides is 3. The first-order chi connectivity index (χ1) is 12.3. The van der Waals surface area contributed by atoms with Crippen molar-refractivity contribution in [3.8, 4) is 11.3 Å². The van der Waals surface area contributed by atoms with E-state index < -0.39 is 17.6 Å². The van der Waals surface area contributed by atoms with Crippen molar-refractivity contribution >= 4 is 35.0 Å². The molecular formula is C17H9Cl2F3N2O2. The van der Waals surface area contributed by atoms with E-state index in [0.29, 0.717) is 0 Å². The Kier molecular flexibility index (Phi) is 4.93. The van der Waals surface area contributed by atoms with Gasteiger partial charge in [0.05, 0.1) is 21.2 Å². The van der Waals surface area contributed by atoms with Crippen LogP contribution in [0.1, 0.15) is 15.9 Å². The molecule has 2 aromatic carbocycles. The number of benzene rings is 2. The number of anilines is 1. The fraction of sp³-hybridized carbons (Fsp3) is 0.0588. The van der Waals surface area contributed by atoms with Crippen LogP contribution in [0.2, 0.25) is 10.0 Å². The van der Waals surface area contributed by atoms with E-state index in [1.54, 1.807) is 6.07 Å². The van der Waals surface area contributed by atoms with Gasteiger partial charge in [0.1, 0.15) is 5.69 Å². The van der Waals surface area contributed by atoms with Gasteiger partial charge in [-0.05, 0) is 24.3 Å². The van der Waals surface area contributed by atoms with Gasteiger partial charge in [-0.15, -0.1) is 0 Å². The SMILES string of the molecule is O=C(Nc1cc(-c2cccc(C(F)(F)F)c2)no1)c1c(Cl)cccc1Cl. The summed E-state index contributed by atoms with van der Waals surface area (Å²) in [6.07, 6.45) is -4.47. The molecule has 26 heavy (non-hydrogen) atoms. The molecule has 0 bridgehead atoms. The Balaban J connectivity index is 1.84. The maximum Gasteiger partial charge on any atom is 0.416 e. The van der Waals surface area contributed by atoms with Crippen LogP contribution in [0.5, 0.6) is 0 Å². The molecule has 0 spiro atoms. The van der Waals surface area contributed by atoms with Crippen LogP contribution >= 0.6 is 23.2 Å². The van der Waals surface area contributed by atoms with E-state index in [1.807, 2.05) is 0 Å². The van der Waals surface area contributed by atoms with Gasteiger partial charge in [0.15, 0.2) is 0 Å². The molecule has 1 aromatic heterocycles. The average Bonchev–Trinajstić information content (AvgIpc) is 3.02. The van der Waals surface area contributed by atoms with Crippen LogP contribution < -0.4 is 5.32 Å². The molecule has 1 N–H and O–H groups in total. The molecule has 0 unspecified atom stereocenters. The maximum atomic E-state index is 12.8. The summed E-state index contributed by atoms with van der Waals surface area (Å²) >= 11 is 11.9. The standard InChI is InChI=1S/C17H9Cl2F3N2O2/c18-11-5-2-6-12(19)15(11)16(25)23-14-8-13(24-26-14)9-3-1-4-10(7-9)17(20,21)22/h1-8H,(H,23,25). The minimum Gasteiger partial charge on any atom is -0.338 e. The van der Waals surface area contributed by atoms with E-state index in [2.05, 4.69) is 10.5 Å². The number of amides is 1. The number of nitrogens with zero attached hydrogens (tertiary/aromatic N) is 1. The quantitative estimate of drug-likeness (QED) is 0.593. The van der Waals surface area contributed by atoms with Crippen LogP contribution in [0, 0.1) is 0 Å². The second kappa shape index (κ2) is 7.01. The summed E-state index contributed by atoms with van der Waals surface area (Å²) in [7, 11) is 0. The predicted molar refractivity (Wildman–Crippen MR) is 91.4 cm³/mol. The van der Waals surface area contributed by atoms with Crippen LogP contribution in [0.15, 0.2) is 53.1 Å². The van der Waals surface area contributed by atoms with Gasteiger partial charge < -0.3 is 4.52 Å². The second-order valence-electron chi connectivity index (χ2n) is 5.21. The van der Waals surface area contributed by atoms with Gasteiger partial charge in [-0.2, -0.15) is 13.2 Å². The van der Waals surface area contributed by atoms with Gasteiger partial charge in [-0.3, -0.25) is 10.1 Å². The molecule has 0 saturated heterocycles. The molecule has 9 heteroatoms. The highest BCUT2D eigenvalue weighted by Gasteiger charge is 2.30. The monoisotopic (exact) mass is 400 g/mol. The number of hydrogen-bond acceptors (Lipinski definition) is 3. The van der Waals surface area contributed by atoms with Crippen LogP contribution in [-0.4, -0.2) is 11.1 Å². The maximum absolute atomic E-state index is 12.8. The zero-order valence-corrected chi connectivity index (χ0v) is 14.3. The van der Waals surface area contributed by atoms with Crippen molar-refractivity contribution in [3.63, 3.8) is 0 Å². The third-order valence-electron chi connectivity index (χ3n) is 3.42. The van der Waals surface area contributed by atoms with E-state index in [4.69, 9.17) is 27.7 Å². The first-order valence-corrected chi connectivity index (χ1v) is 7.91. The summed E-state index contributed by atoms with van der Waals surface area (Å²) < 4.78 is 43.4. The molecule has 1 amide bonds. The van der Waals surface area contributed by atoms with Gasteiger partial charge in [0.2, 0.25) is 5.88 Å². The van der Waals surface area contributed by atoms with Crippen molar-refractivity contribution in [1.29, 1.82) is 0 Å². The molecule has 0 aliphatic carbocycles. The van der Waals surface area contributed by atoms with E-state index in [-0.39, 0.29) is 32.8 Å². The van der Waals surface area contributed by atoms with Crippen molar-refractivity contribution in [2.45, 2.75) is 6.18 Å². The molecule has 3 aromatic rings. The lowest BCUT2D eigenvalue weighted by atomic mass is 10.1. The molecule has 134 valence electrons. The second-order valence-corrected chi connectivity index (χ2v) is 6.02. The van der Waals surface area contributed by atoms with Gasteiger partial charge in [-0.1, -0.05) is 46.6 Å². The largest absolute Gasteiger partial charge is 0.416 e. The number of nitrogens with one attached hydrogen (secondary N) is 1. The number of rotatable bonds is 3. The number of hydrogen-bond donors (Lipinski definition) is 1. The number of halogens is 5. The molecule has 0 atom stereocenters. The number of carbonyl (C=O) groups excluding carboxylic acids is 1. The molecule has 1 heterocycles. The van der Waals surface area contributed by atoms with E-state index >= 15 is 0 Å². The minimum absolute atomic E-state index is 0.0489. The van der Waals surface area contributed by atoms with Gasteiger partial charge in [0, 0.05) is 11.6 Å². The molecule has 0 aliphatic rings. The van der Waals surface area contributed by atoms with Crippen LogP contribution in [0.25, 0.3) is 11.3 Å². The predicted octanol–water partition coefficient (Wildman–Crippen LogP) is 5.92. The van der Waals surface area contributed by atoms with Crippen molar-refractivity contribution in [2.75, 3.05) is 5.32 Å². The van der Waals surface area contributed by atoms with Crippen LogP contribution in [0.3, 0.4) is 0 Å². The fourth-order valence-corrected chi connectivity index (χ4v) is 2.78. The molecule has 0 aliphatic heterocycles. The number of carbonyl (C=O) groups is 1. The summed E-state index contributed by atoms with van der Waals surface area (Å²) in [6.45, 7) is 0. The van der Waals surface area contributed by atoms with Crippen molar-refractivity contribution < 1.29 is 22.5 Å². The molecule has 0 fully saturated rings. The Hall–Kier alpha value is -2.51. The zero-order valence-electron chi connectivity index (χ0n) is 12.8. The Bertz CT molecular complexity index is 950. The molecule has 3 rings (SSSR count). The van der Waals surface area contributed by atoms with Crippen molar-refractivity contribution in [2.24, 2.45) is 0 Å². The minimum atomic E-state index is -4.47. The highest BCUT2D eigenvalue weighted by atomic mass is 35.5. The van der Waals surface area contributed by atoms with E-state index in [1.165, 1.54) is 30.3 Å². The van der Waals surface area contributed by atoms with E-state index in [0.717, 1.165) is 12.1 Å². The number of aromatic nitrogens is 1. The Morgan fingerprint density at radius 3 is 2.35 bits per heavy atom. The van der Waals surface area contributed by atoms with Gasteiger partial charge in [-0.25, -0.2) is 0 Å². The van der Waals surface area contributed by atoms with Crippen molar-refractivity contribution in [1.82, 2.24) is 5.16 Å². The average molecular weight is 401 g/mol. The first-order valence-electron chi connectivity index (χ1n) is 7.15. The third-order valence-corrected chi connectivity index (χ3v) is 4.05. The Morgan fingerprint density at radius 2 is 1.69 bits per heavy atom. The molecule has 0 radical (unpaired) electrons. The lowest BCUT2D eigenvalue weighted by molar-refractivity contribution is -0.137. The lowest BCUT2D eigenvalue weighted by Gasteiger charge is -2.07. The smallest absolute Gasteiger partial charge is 0.338 e. The van der Waals surface area contributed by atoms with E-state index in [9.17, 15) is 18.0 Å². The molecule has 4 nitrogen and oxygen atoms in total. The summed E-state index contributed by atoms with van der Waals surface area (Å²) in [5.41, 5.74) is -0.434. The van der Waals surface area contributed by atoms with Gasteiger partial charge in [0.25, 0.3) is 5.91 Å². The lowest BCUT2D eigenvalue weighted by Crippen LogP contribution is -2.12.